The summed E-state index contributed by atoms with van der Waals surface area (Å²) in [5.74, 6) is 0.393. The number of benzene rings is 1. The predicted molar refractivity (Wildman–Crippen MR) is 110 cm³/mol. The molecule has 1 aliphatic rings. The van der Waals surface area contributed by atoms with Crippen LogP contribution in [0, 0.1) is 0 Å². The van der Waals surface area contributed by atoms with Gasteiger partial charge in [-0.1, -0.05) is 12.1 Å². The van der Waals surface area contributed by atoms with Crippen molar-refractivity contribution in [3.8, 4) is 0 Å². The van der Waals surface area contributed by atoms with Crippen molar-refractivity contribution in [2.45, 2.75) is 30.1 Å². The second-order valence-electron chi connectivity index (χ2n) is 7.63. The molecule has 2 aromatic heterocycles. The molecule has 0 saturated carbocycles. The van der Waals surface area contributed by atoms with Gasteiger partial charge in [0.1, 0.15) is 0 Å². The number of fused-ring (bicyclic) bond motifs is 1. The summed E-state index contributed by atoms with van der Waals surface area (Å²) < 4.78 is 24.9. The number of likely N-dealkylation sites (tertiary alicyclic amines) is 1. The molecular formula is C21H24N4O3S. The number of aromatic nitrogens is 3. The molecule has 1 saturated heterocycles. The highest BCUT2D eigenvalue weighted by Crippen LogP contribution is 2.31. The lowest BCUT2D eigenvalue weighted by atomic mass is 9.92. The molecule has 3 aromatic rings. The summed E-state index contributed by atoms with van der Waals surface area (Å²) in [7, 11) is -1.31. The number of hydrogen-bond acceptors (Lipinski definition) is 5. The molecular weight excluding hydrogens is 388 g/mol. The summed E-state index contributed by atoms with van der Waals surface area (Å²) in [5, 5.41) is 5.77. The maximum absolute atomic E-state index is 12.7. The highest BCUT2D eigenvalue weighted by molar-refractivity contribution is 7.90. The molecule has 1 aliphatic heterocycles. The van der Waals surface area contributed by atoms with Crippen molar-refractivity contribution < 1.29 is 13.2 Å². The van der Waals surface area contributed by atoms with E-state index in [9.17, 15) is 13.2 Å². The molecule has 0 unspecified atom stereocenters. The number of piperidine rings is 1. The maximum atomic E-state index is 12.7. The second-order valence-corrected chi connectivity index (χ2v) is 9.65. The van der Waals surface area contributed by atoms with Crippen LogP contribution in [0.25, 0.3) is 11.0 Å². The van der Waals surface area contributed by atoms with Crippen LogP contribution in [0.4, 0.5) is 0 Å². The van der Waals surface area contributed by atoms with Crippen LogP contribution in [-0.2, 0) is 28.1 Å². The largest absolute Gasteiger partial charge is 0.342 e. The molecule has 0 radical (unpaired) electrons. The number of carbonyl (C=O) groups is 1. The minimum atomic E-state index is -3.22. The fraction of sp³-hybridized carbons (Fsp3) is 0.381. The van der Waals surface area contributed by atoms with E-state index in [1.807, 2.05) is 22.7 Å². The molecule has 0 N–H and O–H groups in total. The third-order valence-electron chi connectivity index (χ3n) is 5.57. The van der Waals surface area contributed by atoms with Crippen LogP contribution in [0.5, 0.6) is 0 Å². The number of nitrogens with zero attached hydrogens (tertiary/aromatic N) is 4. The van der Waals surface area contributed by atoms with Crippen LogP contribution in [0.1, 0.15) is 30.0 Å². The lowest BCUT2D eigenvalue weighted by Crippen LogP contribution is -2.38. The Morgan fingerprint density at radius 1 is 1.14 bits per heavy atom. The van der Waals surface area contributed by atoms with E-state index in [1.54, 1.807) is 30.5 Å². The molecule has 1 aromatic carbocycles. The highest BCUT2D eigenvalue weighted by Gasteiger charge is 2.27. The Balaban J connectivity index is 1.39. The van der Waals surface area contributed by atoms with Crippen molar-refractivity contribution >= 4 is 26.8 Å². The number of carbonyl (C=O) groups excluding carboxylic acids is 1. The van der Waals surface area contributed by atoms with Crippen LogP contribution >= 0.6 is 0 Å². The molecule has 1 fully saturated rings. The van der Waals surface area contributed by atoms with Crippen LogP contribution < -0.4 is 0 Å². The smallest absolute Gasteiger partial charge is 0.226 e. The van der Waals surface area contributed by atoms with Gasteiger partial charge in [0.2, 0.25) is 5.91 Å². The van der Waals surface area contributed by atoms with Gasteiger partial charge in [-0.25, -0.2) is 13.4 Å². The Kier molecular flexibility index (Phi) is 5.12. The molecule has 8 heteroatoms. The number of aryl methyl sites for hydroxylation is 1. The fourth-order valence-corrected chi connectivity index (χ4v) is 4.59. The van der Waals surface area contributed by atoms with Crippen molar-refractivity contribution in [2.75, 3.05) is 19.3 Å². The molecule has 152 valence electrons. The van der Waals surface area contributed by atoms with Gasteiger partial charge in [0, 0.05) is 43.9 Å². The average Bonchev–Trinajstić information content (AvgIpc) is 3.05. The number of hydrogen-bond donors (Lipinski definition) is 0. The Morgan fingerprint density at radius 2 is 1.83 bits per heavy atom. The first-order valence-corrected chi connectivity index (χ1v) is 11.6. The Bertz CT molecular complexity index is 1140. The number of pyridine rings is 1. The molecule has 0 aliphatic carbocycles. The van der Waals surface area contributed by atoms with Crippen molar-refractivity contribution in [3.05, 3.63) is 53.9 Å². The number of sulfone groups is 1. The number of amides is 1. The summed E-state index contributed by atoms with van der Waals surface area (Å²) >= 11 is 0. The van der Waals surface area contributed by atoms with E-state index in [1.165, 1.54) is 6.26 Å². The van der Waals surface area contributed by atoms with Crippen LogP contribution in [0.3, 0.4) is 0 Å². The highest BCUT2D eigenvalue weighted by atomic mass is 32.2. The van der Waals surface area contributed by atoms with E-state index in [2.05, 4.69) is 16.1 Å². The normalized spacial score (nSPS) is 15.7. The van der Waals surface area contributed by atoms with E-state index < -0.39 is 9.84 Å². The zero-order valence-corrected chi connectivity index (χ0v) is 17.4. The first-order valence-electron chi connectivity index (χ1n) is 9.67. The van der Waals surface area contributed by atoms with E-state index in [-0.39, 0.29) is 17.2 Å². The summed E-state index contributed by atoms with van der Waals surface area (Å²) in [5.41, 5.74) is 2.78. The molecule has 3 heterocycles. The SMILES string of the molecule is Cn1nc(C2CCN(C(=O)Cc3ccc(S(C)(=O)=O)cc3)CC2)c2cccnc21. The molecule has 0 bridgehead atoms. The number of rotatable bonds is 4. The fourth-order valence-electron chi connectivity index (χ4n) is 3.96. The van der Waals surface area contributed by atoms with Gasteiger partial charge in [-0.2, -0.15) is 5.10 Å². The lowest BCUT2D eigenvalue weighted by Gasteiger charge is -2.31. The van der Waals surface area contributed by atoms with E-state index >= 15 is 0 Å². The molecule has 0 spiro atoms. The first-order chi connectivity index (χ1) is 13.8. The van der Waals surface area contributed by atoms with E-state index in [0.29, 0.717) is 19.0 Å². The van der Waals surface area contributed by atoms with Gasteiger partial charge in [0.05, 0.1) is 17.0 Å². The summed E-state index contributed by atoms with van der Waals surface area (Å²) in [4.78, 5) is 19.3. The predicted octanol–water partition coefficient (Wildman–Crippen LogP) is 2.32. The summed E-state index contributed by atoms with van der Waals surface area (Å²) in [6.07, 6.45) is 4.99. The Labute approximate surface area is 170 Å². The molecule has 29 heavy (non-hydrogen) atoms. The van der Waals surface area contributed by atoms with Gasteiger partial charge < -0.3 is 4.90 Å². The van der Waals surface area contributed by atoms with Crippen LogP contribution in [0.15, 0.2) is 47.5 Å². The van der Waals surface area contributed by atoms with Crippen molar-refractivity contribution in [3.63, 3.8) is 0 Å². The van der Waals surface area contributed by atoms with Gasteiger partial charge in [0.25, 0.3) is 0 Å². The van der Waals surface area contributed by atoms with Crippen molar-refractivity contribution in [1.82, 2.24) is 19.7 Å². The molecule has 0 atom stereocenters. The maximum Gasteiger partial charge on any atom is 0.226 e. The second kappa shape index (κ2) is 7.59. The van der Waals surface area contributed by atoms with E-state index in [0.717, 1.165) is 35.1 Å². The third-order valence-corrected chi connectivity index (χ3v) is 6.70. The lowest BCUT2D eigenvalue weighted by molar-refractivity contribution is -0.131. The van der Waals surface area contributed by atoms with Gasteiger partial charge in [-0.15, -0.1) is 0 Å². The zero-order chi connectivity index (χ0) is 20.6. The minimum Gasteiger partial charge on any atom is -0.342 e. The molecule has 7 nitrogen and oxygen atoms in total. The van der Waals surface area contributed by atoms with Gasteiger partial charge in [-0.05, 0) is 42.7 Å². The van der Waals surface area contributed by atoms with Crippen LogP contribution in [0.2, 0.25) is 0 Å². The van der Waals surface area contributed by atoms with Crippen LogP contribution in [-0.4, -0.2) is 53.3 Å². The topological polar surface area (TPSA) is 85.2 Å². The van der Waals surface area contributed by atoms with Gasteiger partial charge >= 0.3 is 0 Å². The molecule has 4 rings (SSSR count). The average molecular weight is 413 g/mol. The van der Waals surface area contributed by atoms with Gasteiger partial charge in [0.15, 0.2) is 15.5 Å². The first kappa shape index (κ1) is 19.6. The standard InChI is InChI=1S/C21H24N4O3S/c1-24-21-18(4-3-11-22-21)20(23-24)16-9-12-25(13-10-16)19(26)14-15-5-7-17(8-6-15)29(2,27)28/h3-8,11,16H,9-10,12-14H2,1-2H3. The van der Waals surface area contributed by atoms with E-state index in [4.69, 9.17) is 0 Å². The zero-order valence-electron chi connectivity index (χ0n) is 16.6. The van der Waals surface area contributed by atoms with Crippen molar-refractivity contribution in [1.29, 1.82) is 0 Å². The van der Waals surface area contributed by atoms with Gasteiger partial charge in [-0.3, -0.25) is 9.48 Å². The Morgan fingerprint density at radius 3 is 2.48 bits per heavy atom. The quantitative estimate of drug-likeness (QED) is 0.657. The minimum absolute atomic E-state index is 0.0723. The molecule has 1 amide bonds. The monoisotopic (exact) mass is 412 g/mol. The summed E-state index contributed by atoms with van der Waals surface area (Å²) in [6, 6.07) is 10.5. The van der Waals surface area contributed by atoms with Crippen molar-refractivity contribution in [2.24, 2.45) is 7.05 Å². The third kappa shape index (κ3) is 4.03. The Hall–Kier alpha value is -2.74. The summed E-state index contributed by atoms with van der Waals surface area (Å²) in [6.45, 7) is 1.40.